The smallest absolute Gasteiger partial charge is 0.123 e. The van der Waals surface area contributed by atoms with Crippen LogP contribution < -0.4 is 5.32 Å². The van der Waals surface area contributed by atoms with Crippen LogP contribution in [0.25, 0.3) is 0 Å². The Bertz CT molecular complexity index is 356. The van der Waals surface area contributed by atoms with Gasteiger partial charge in [0.25, 0.3) is 0 Å². The first-order chi connectivity index (χ1) is 7.66. The summed E-state index contributed by atoms with van der Waals surface area (Å²) in [5.41, 5.74) is 0.930. The van der Waals surface area contributed by atoms with Crippen molar-refractivity contribution in [3.05, 3.63) is 35.6 Å². The van der Waals surface area contributed by atoms with Crippen LogP contribution in [0.3, 0.4) is 0 Å². The normalized spacial score (nSPS) is 26.9. The van der Waals surface area contributed by atoms with Crippen LogP contribution in [0.5, 0.6) is 0 Å². The van der Waals surface area contributed by atoms with Crippen molar-refractivity contribution in [1.29, 1.82) is 0 Å². The third-order valence-corrected chi connectivity index (χ3v) is 3.29. The van der Waals surface area contributed by atoms with E-state index < -0.39 is 0 Å². The van der Waals surface area contributed by atoms with Crippen LogP contribution in [-0.4, -0.2) is 17.3 Å². The lowest BCUT2D eigenvalue weighted by molar-refractivity contribution is 0.144. The molecule has 1 aromatic carbocycles. The average Bonchev–Trinajstić information content (AvgIpc) is 2.64. The maximum absolute atomic E-state index is 13.0. The average molecular weight is 223 g/mol. The molecule has 0 aromatic heterocycles. The summed E-state index contributed by atoms with van der Waals surface area (Å²) in [6.45, 7) is 2.00. The fraction of sp³-hybridized carbons (Fsp3) is 0.538. The van der Waals surface area contributed by atoms with E-state index in [4.69, 9.17) is 0 Å². The highest BCUT2D eigenvalue weighted by atomic mass is 19.1. The molecule has 1 fully saturated rings. The second kappa shape index (κ2) is 4.93. The van der Waals surface area contributed by atoms with Crippen molar-refractivity contribution in [1.82, 2.24) is 5.32 Å². The second-order valence-electron chi connectivity index (χ2n) is 4.55. The lowest BCUT2D eigenvalue weighted by Gasteiger charge is -2.22. The van der Waals surface area contributed by atoms with E-state index in [1.165, 1.54) is 6.07 Å². The minimum Gasteiger partial charge on any atom is -0.392 e. The molecule has 1 saturated carbocycles. The van der Waals surface area contributed by atoms with E-state index in [0.717, 1.165) is 24.8 Å². The van der Waals surface area contributed by atoms with Crippen molar-refractivity contribution in [2.75, 3.05) is 0 Å². The molecular weight excluding hydrogens is 205 g/mol. The first-order valence-corrected chi connectivity index (χ1v) is 5.86. The van der Waals surface area contributed by atoms with Crippen molar-refractivity contribution in [2.24, 2.45) is 0 Å². The molecule has 0 heterocycles. The number of benzene rings is 1. The topological polar surface area (TPSA) is 32.3 Å². The van der Waals surface area contributed by atoms with Gasteiger partial charge in [0.1, 0.15) is 5.82 Å². The highest BCUT2D eigenvalue weighted by Crippen LogP contribution is 2.22. The van der Waals surface area contributed by atoms with Crippen LogP contribution >= 0.6 is 0 Å². The van der Waals surface area contributed by atoms with Crippen LogP contribution in [-0.2, 0) is 0 Å². The number of halogens is 1. The molecule has 3 heteroatoms. The second-order valence-corrected chi connectivity index (χ2v) is 4.55. The molecule has 0 saturated heterocycles. The van der Waals surface area contributed by atoms with Gasteiger partial charge in [-0.1, -0.05) is 12.1 Å². The zero-order valence-corrected chi connectivity index (χ0v) is 9.49. The van der Waals surface area contributed by atoms with Gasteiger partial charge in [-0.3, -0.25) is 0 Å². The summed E-state index contributed by atoms with van der Waals surface area (Å²) in [5.74, 6) is -0.210. The van der Waals surface area contributed by atoms with E-state index in [0.29, 0.717) is 0 Å². The molecule has 2 N–H and O–H groups in total. The molecule has 1 aliphatic carbocycles. The number of aliphatic hydroxyl groups excluding tert-OH is 1. The Morgan fingerprint density at radius 3 is 2.88 bits per heavy atom. The van der Waals surface area contributed by atoms with Crippen molar-refractivity contribution in [3.63, 3.8) is 0 Å². The van der Waals surface area contributed by atoms with Gasteiger partial charge in [-0.25, -0.2) is 4.39 Å². The third kappa shape index (κ3) is 2.60. The summed E-state index contributed by atoms with van der Waals surface area (Å²) in [5, 5.41) is 13.1. The predicted molar refractivity (Wildman–Crippen MR) is 61.6 cm³/mol. The molecule has 3 atom stereocenters. The molecule has 2 nitrogen and oxygen atoms in total. The molecule has 88 valence electrons. The quantitative estimate of drug-likeness (QED) is 0.824. The molecule has 1 aliphatic rings. The van der Waals surface area contributed by atoms with Gasteiger partial charge in [0.2, 0.25) is 0 Å². The minimum atomic E-state index is -0.254. The van der Waals surface area contributed by atoms with Crippen molar-refractivity contribution in [2.45, 2.75) is 44.4 Å². The molecule has 0 bridgehead atoms. The number of hydrogen-bond acceptors (Lipinski definition) is 2. The first kappa shape index (κ1) is 11.6. The van der Waals surface area contributed by atoms with E-state index in [-0.39, 0.29) is 24.0 Å². The van der Waals surface area contributed by atoms with Crippen LogP contribution in [0.15, 0.2) is 24.3 Å². The molecule has 0 aliphatic heterocycles. The third-order valence-electron chi connectivity index (χ3n) is 3.29. The van der Waals surface area contributed by atoms with Gasteiger partial charge in [0.05, 0.1) is 6.10 Å². The molecule has 1 aromatic rings. The molecule has 0 amide bonds. The van der Waals surface area contributed by atoms with Crippen LogP contribution in [0.1, 0.15) is 37.8 Å². The number of nitrogens with one attached hydrogen (secondary N) is 1. The Morgan fingerprint density at radius 2 is 2.25 bits per heavy atom. The monoisotopic (exact) mass is 223 g/mol. The zero-order valence-electron chi connectivity index (χ0n) is 9.49. The van der Waals surface area contributed by atoms with Gasteiger partial charge in [-0.2, -0.15) is 0 Å². The molecule has 16 heavy (non-hydrogen) atoms. The molecule has 0 unspecified atom stereocenters. The Balaban J connectivity index is 1.99. The Labute approximate surface area is 95.5 Å². The largest absolute Gasteiger partial charge is 0.392 e. The molecular formula is C13H18FNO. The van der Waals surface area contributed by atoms with E-state index >= 15 is 0 Å². The van der Waals surface area contributed by atoms with Gasteiger partial charge in [0, 0.05) is 12.1 Å². The molecule has 2 rings (SSSR count). The first-order valence-electron chi connectivity index (χ1n) is 5.86. The van der Waals surface area contributed by atoms with Crippen LogP contribution in [0, 0.1) is 5.82 Å². The van der Waals surface area contributed by atoms with E-state index in [2.05, 4.69) is 5.32 Å². The summed E-state index contributed by atoms with van der Waals surface area (Å²) < 4.78 is 13.0. The zero-order chi connectivity index (χ0) is 11.5. The van der Waals surface area contributed by atoms with Gasteiger partial charge < -0.3 is 10.4 Å². The SMILES string of the molecule is C[C@@H](N[C@H]1CCC[C@@H]1O)c1cccc(F)c1. The Morgan fingerprint density at radius 1 is 1.44 bits per heavy atom. The maximum atomic E-state index is 13.0. The number of hydrogen-bond donors (Lipinski definition) is 2. The summed E-state index contributed by atoms with van der Waals surface area (Å²) >= 11 is 0. The van der Waals surface area contributed by atoms with Crippen molar-refractivity contribution < 1.29 is 9.50 Å². The van der Waals surface area contributed by atoms with Gasteiger partial charge >= 0.3 is 0 Å². The number of aliphatic hydroxyl groups is 1. The minimum absolute atomic E-state index is 0.0773. The van der Waals surface area contributed by atoms with E-state index in [1.807, 2.05) is 13.0 Å². The highest BCUT2D eigenvalue weighted by molar-refractivity contribution is 5.19. The summed E-state index contributed by atoms with van der Waals surface area (Å²) in [6.07, 6.45) is 2.68. The maximum Gasteiger partial charge on any atom is 0.123 e. The molecule has 0 radical (unpaired) electrons. The summed E-state index contributed by atoms with van der Waals surface area (Å²) in [4.78, 5) is 0. The predicted octanol–water partition coefficient (Wildman–Crippen LogP) is 2.39. The Hall–Kier alpha value is -0.930. The van der Waals surface area contributed by atoms with Crippen LogP contribution in [0.4, 0.5) is 4.39 Å². The summed E-state index contributed by atoms with van der Waals surface area (Å²) in [6, 6.07) is 6.84. The lowest BCUT2D eigenvalue weighted by atomic mass is 10.1. The van der Waals surface area contributed by atoms with E-state index in [9.17, 15) is 9.50 Å². The summed E-state index contributed by atoms with van der Waals surface area (Å²) in [7, 11) is 0. The van der Waals surface area contributed by atoms with Gasteiger partial charge in [-0.05, 0) is 43.9 Å². The van der Waals surface area contributed by atoms with Crippen LogP contribution in [0.2, 0.25) is 0 Å². The number of rotatable bonds is 3. The highest BCUT2D eigenvalue weighted by Gasteiger charge is 2.26. The van der Waals surface area contributed by atoms with Crippen molar-refractivity contribution >= 4 is 0 Å². The lowest BCUT2D eigenvalue weighted by Crippen LogP contribution is -2.37. The van der Waals surface area contributed by atoms with Gasteiger partial charge in [0.15, 0.2) is 0 Å². The van der Waals surface area contributed by atoms with Gasteiger partial charge in [-0.15, -0.1) is 0 Å². The van der Waals surface area contributed by atoms with Crippen molar-refractivity contribution in [3.8, 4) is 0 Å². The molecule has 0 spiro atoms. The fourth-order valence-corrected chi connectivity index (χ4v) is 2.33. The van der Waals surface area contributed by atoms with E-state index in [1.54, 1.807) is 12.1 Å². The standard InChI is InChI=1S/C13H18FNO/c1-9(10-4-2-5-11(14)8-10)15-12-6-3-7-13(12)16/h2,4-5,8-9,12-13,15-16H,3,6-7H2,1H3/t9-,12+,13+/m1/s1. The Kier molecular flexibility index (Phi) is 3.56. The fourth-order valence-electron chi connectivity index (χ4n) is 2.33.